The van der Waals surface area contributed by atoms with Crippen LogP contribution in [0.2, 0.25) is 0 Å². The summed E-state index contributed by atoms with van der Waals surface area (Å²) in [5.74, 6) is -0.585. The molecule has 2 amide bonds. The third-order valence-corrected chi connectivity index (χ3v) is 3.23. The molecular formula is C14H19N3O4. The number of pyridine rings is 1. The van der Waals surface area contributed by atoms with Crippen molar-refractivity contribution >= 4 is 11.8 Å². The van der Waals surface area contributed by atoms with Crippen LogP contribution >= 0.6 is 0 Å². The summed E-state index contributed by atoms with van der Waals surface area (Å²) >= 11 is 0. The van der Waals surface area contributed by atoms with E-state index in [-0.39, 0.29) is 12.0 Å². The average molecular weight is 293 g/mol. The van der Waals surface area contributed by atoms with E-state index in [4.69, 9.17) is 15.2 Å². The number of rotatable bonds is 5. The molecule has 1 aromatic heterocycles. The Bertz CT molecular complexity index is 515. The number of ether oxygens (including phenoxy) is 2. The fourth-order valence-electron chi connectivity index (χ4n) is 1.93. The number of nitrogens with one attached hydrogen (secondary N) is 1. The number of amides is 2. The van der Waals surface area contributed by atoms with Crippen molar-refractivity contribution < 1.29 is 19.1 Å². The van der Waals surface area contributed by atoms with Gasteiger partial charge in [-0.3, -0.25) is 9.59 Å². The molecule has 1 aliphatic rings. The average Bonchev–Trinajstić information content (AvgIpc) is 2.48. The second kappa shape index (κ2) is 7.03. The van der Waals surface area contributed by atoms with Crippen molar-refractivity contribution in [1.29, 1.82) is 0 Å². The highest BCUT2D eigenvalue weighted by atomic mass is 16.5. The van der Waals surface area contributed by atoms with E-state index in [0.717, 1.165) is 12.8 Å². The Morgan fingerprint density at radius 2 is 2.19 bits per heavy atom. The van der Waals surface area contributed by atoms with Crippen LogP contribution in [0.5, 0.6) is 5.88 Å². The smallest absolute Gasteiger partial charge is 0.252 e. The second-order valence-electron chi connectivity index (χ2n) is 4.91. The van der Waals surface area contributed by atoms with Crippen molar-refractivity contribution in [2.75, 3.05) is 13.2 Å². The lowest BCUT2D eigenvalue weighted by molar-refractivity contribution is -0.119. The molecule has 1 aliphatic heterocycles. The van der Waals surface area contributed by atoms with Crippen molar-refractivity contribution in [1.82, 2.24) is 10.3 Å². The highest BCUT2D eigenvalue weighted by molar-refractivity contribution is 5.97. The lowest BCUT2D eigenvalue weighted by atomic mass is 10.1. The molecule has 0 aromatic carbocycles. The van der Waals surface area contributed by atoms with E-state index in [1.54, 1.807) is 12.1 Å². The Morgan fingerprint density at radius 3 is 2.86 bits per heavy atom. The van der Waals surface area contributed by atoms with Crippen molar-refractivity contribution in [3.05, 3.63) is 23.9 Å². The Balaban J connectivity index is 1.99. The lowest BCUT2D eigenvalue weighted by Crippen LogP contribution is -2.42. The Kier molecular flexibility index (Phi) is 5.10. The molecule has 3 N–H and O–H groups in total. The van der Waals surface area contributed by atoms with Gasteiger partial charge in [-0.15, -0.1) is 0 Å². The molecule has 2 rings (SSSR count). The minimum atomic E-state index is -0.731. The van der Waals surface area contributed by atoms with Crippen LogP contribution in [-0.4, -0.2) is 42.2 Å². The van der Waals surface area contributed by atoms with Crippen LogP contribution in [0.1, 0.15) is 30.1 Å². The summed E-state index contributed by atoms with van der Waals surface area (Å²) in [6.45, 7) is 2.86. The molecule has 0 aliphatic carbocycles. The monoisotopic (exact) mass is 293 g/mol. The molecule has 21 heavy (non-hydrogen) atoms. The second-order valence-corrected chi connectivity index (χ2v) is 4.91. The number of carbonyl (C=O) groups is 2. The summed E-state index contributed by atoms with van der Waals surface area (Å²) in [6, 6.07) is 2.38. The number of carbonyl (C=O) groups excluding carboxylic acids is 2. The van der Waals surface area contributed by atoms with E-state index in [9.17, 15) is 9.59 Å². The lowest BCUT2D eigenvalue weighted by Gasteiger charge is -2.22. The standard InChI is InChI=1S/C14H19N3O4/c1-9(13(15)18)17-14(19)10-2-5-16-12(8-10)21-11-3-6-20-7-4-11/h2,5,8-9,11H,3-4,6-7H2,1H3,(H2,15,18)(H,17,19)/t9-/m0/s1. The quantitative estimate of drug-likeness (QED) is 0.809. The first-order valence-electron chi connectivity index (χ1n) is 6.87. The van der Waals surface area contributed by atoms with Gasteiger partial charge in [0.25, 0.3) is 5.91 Å². The topological polar surface area (TPSA) is 104 Å². The van der Waals surface area contributed by atoms with Crippen LogP contribution in [0, 0.1) is 0 Å². The molecule has 0 saturated carbocycles. The van der Waals surface area contributed by atoms with E-state index < -0.39 is 11.9 Å². The fraction of sp³-hybridized carbons (Fsp3) is 0.500. The first-order chi connectivity index (χ1) is 10.1. The number of hydrogen-bond acceptors (Lipinski definition) is 5. The molecule has 7 heteroatoms. The highest BCUT2D eigenvalue weighted by Gasteiger charge is 2.18. The van der Waals surface area contributed by atoms with Crippen molar-refractivity contribution in [2.24, 2.45) is 5.73 Å². The first kappa shape index (κ1) is 15.2. The Hall–Kier alpha value is -2.15. The molecule has 1 saturated heterocycles. The van der Waals surface area contributed by atoms with Crippen LogP contribution in [0.3, 0.4) is 0 Å². The number of hydrogen-bond donors (Lipinski definition) is 2. The molecule has 1 atom stereocenters. The van der Waals surface area contributed by atoms with Crippen molar-refractivity contribution in [2.45, 2.75) is 31.9 Å². The van der Waals surface area contributed by atoms with Crippen molar-refractivity contribution in [3.8, 4) is 5.88 Å². The zero-order chi connectivity index (χ0) is 15.2. The molecule has 0 bridgehead atoms. The van der Waals surface area contributed by atoms with Gasteiger partial charge in [-0.2, -0.15) is 0 Å². The number of primary amides is 1. The number of nitrogens with zero attached hydrogens (tertiary/aromatic N) is 1. The van der Waals surface area contributed by atoms with Gasteiger partial charge in [0.2, 0.25) is 11.8 Å². The maximum absolute atomic E-state index is 12.0. The predicted octanol–water partition coefficient (Wildman–Crippen LogP) is 0.243. The molecule has 1 fully saturated rings. The van der Waals surface area contributed by atoms with Gasteiger partial charge in [-0.05, 0) is 13.0 Å². The van der Waals surface area contributed by atoms with Crippen LogP contribution in [0.15, 0.2) is 18.3 Å². The highest BCUT2D eigenvalue weighted by Crippen LogP contribution is 2.16. The predicted molar refractivity (Wildman–Crippen MR) is 74.8 cm³/mol. The normalized spacial score (nSPS) is 17.0. The van der Waals surface area contributed by atoms with Gasteiger partial charge in [-0.1, -0.05) is 0 Å². The van der Waals surface area contributed by atoms with Gasteiger partial charge in [0.1, 0.15) is 12.1 Å². The van der Waals surface area contributed by atoms with Crippen molar-refractivity contribution in [3.63, 3.8) is 0 Å². The SMILES string of the molecule is C[C@H](NC(=O)c1ccnc(OC2CCOCC2)c1)C(N)=O. The molecule has 114 valence electrons. The molecule has 0 radical (unpaired) electrons. The molecular weight excluding hydrogens is 274 g/mol. The molecule has 0 spiro atoms. The van der Waals surface area contributed by atoms with E-state index in [0.29, 0.717) is 24.7 Å². The van der Waals surface area contributed by atoms with Crippen LogP contribution in [-0.2, 0) is 9.53 Å². The first-order valence-corrected chi connectivity index (χ1v) is 6.87. The summed E-state index contributed by atoms with van der Waals surface area (Å²) < 4.78 is 11.0. The summed E-state index contributed by atoms with van der Waals surface area (Å²) in [7, 11) is 0. The largest absolute Gasteiger partial charge is 0.474 e. The molecule has 7 nitrogen and oxygen atoms in total. The maximum Gasteiger partial charge on any atom is 0.252 e. The maximum atomic E-state index is 12.0. The van der Waals surface area contributed by atoms with E-state index in [1.807, 2.05) is 0 Å². The summed E-state index contributed by atoms with van der Waals surface area (Å²) in [5.41, 5.74) is 5.49. The number of aromatic nitrogens is 1. The van der Waals surface area contributed by atoms with Gasteiger partial charge >= 0.3 is 0 Å². The summed E-state index contributed by atoms with van der Waals surface area (Å²) in [6.07, 6.45) is 3.15. The fourth-order valence-corrected chi connectivity index (χ4v) is 1.93. The zero-order valence-electron chi connectivity index (χ0n) is 11.9. The van der Waals surface area contributed by atoms with Gasteiger partial charge in [0.15, 0.2) is 0 Å². The van der Waals surface area contributed by atoms with Crippen LogP contribution in [0.25, 0.3) is 0 Å². The van der Waals surface area contributed by atoms with Crippen LogP contribution < -0.4 is 15.8 Å². The minimum Gasteiger partial charge on any atom is -0.474 e. The van der Waals surface area contributed by atoms with E-state index >= 15 is 0 Å². The van der Waals surface area contributed by atoms with E-state index in [1.165, 1.54) is 13.1 Å². The van der Waals surface area contributed by atoms with Gasteiger partial charge < -0.3 is 20.5 Å². The third-order valence-electron chi connectivity index (χ3n) is 3.23. The minimum absolute atomic E-state index is 0.0501. The number of nitrogens with two attached hydrogens (primary N) is 1. The molecule has 1 aromatic rings. The Labute approximate surface area is 122 Å². The third kappa shape index (κ3) is 4.42. The van der Waals surface area contributed by atoms with Gasteiger partial charge in [0.05, 0.1) is 13.2 Å². The van der Waals surface area contributed by atoms with E-state index in [2.05, 4.69) is 10.3 Å². The van der Waals surface area contributed by atoms with Gasteiger partial charge in [-0.25, -0.2) is 4.98 Å². The molecule has 2 heterocycles. The summed E-state index contributed by atoms with van der Waals surface area (Å²) in [5, 5.41) is 2.51. The van der Waals surface area contributed by atoms with Gasteiger partial charge in [0, 0.05) is 30.7 Å². The summed E-state index contributed by atoms with van der Waals surface area (Å²) in [4.78, 5) is 27.0. The zero-order valence-corrected chi connectivity index (χ0v) is 11.9. The molecule has 0 unspecified atom stereocenters. The van der Waals surface area contributed by atoms with Crippen LogP contribution in [0.4, 0.5) is 0 Å². The Morgan fingerprint density at radius 1 is 1.48 bits per heavy atom.